The monoisotopic (exact) mass is 438 g/mol. The molecule has 1 atom stereocenters. The van der Waals surface area contributed by atoms with Crippen molar-refractivity contribution in [2.24, 2.45) is 0 Å². The summed E-state index contributed by atoms with van der Waals surface area (Å²) >= 11 is 0. The number of morpholine rings is 1. The van der Waals surface area contributed by atoms with Crippen molar-refractivity contribution in [2.75, 3.05) is 47.1 Å². The average molecular weight is 438 g/mol. The molecule has 0 aliphatic carbocycles. The van der Waals surface area contributed by atoms with Crippen molar-refractivity contribution in [2.45, 2.75) is 6.04 Å². The lowest BCUT2D eigenvalue weighted by Gasteiger charge is -2.35. The molecule has 1 amide bonds. The number of amides is 1. The number of benzene rings is 2. The summed E-state index contributed by atoms with van der Waals surface area (Å²) in [6.07, 6.45) is 0. The number of carbonyl (C=O) groups excluding carboxylic acids is 1. The first-order chi connectivity index (χ1) is 15.6. The molecule has 2 aromatic carbocycles. The largest absolute Gasteiger partial charge is 0.493 e. The zero-order valence-electron chi connectivity index (χ0n) is 18.1. The summed E-state index contributed by atoms with van der Waals surface area (Å²) in [5.41, 5.74) is 0.743. The molecular formula is C24H26N2O6. The van der Waals surface area contributed by atoms with Crippen LogP contribution in [0.25, 0.3) is 11.0 Å². The fourth-order valence-corrected chi connectivity index (χ4v) is 3.91. The molecule has 2 heterocycles. The van der Waals surface area contributed by atoms with Gasteiger partial charge in [0.25, 0.3) is 5.91 Å². The smallest absolute Gasteiger partial charge is 0.349 e. The second kappa shape index (κ2) is 9.84. The van der Waals surface area contributed by atoms with Crippen LogP contribution >= 0.6 is 0 Å². The van der Waals surface area contributed by atoms with Crippen LogP contribution < -0.4 is 20.4 Å². The lowest BCUT2D eigenvalue weighted by molar-refractivity contribution is 0.0162. The van der Waals surface area contributed by atoms with Crippen LogP contribution in [0.2, 0.25) is 0 Å². The number of nitrogens with zero attached hydrogens (tertiary/aromatic N) is 1. The summed E-state index contributed by atoms with van der Waals surface area (Å²) in [5, 5.41) is 3.61. The van der Waals surface area contributed by atoms with Crippen LogP contribution in [-0.4, -0.2) is 57.9 Å². The molecule has 0 radical (unpaired) electrons. The lowest BCUT2D eigenvalue weighted by atomic mass is 10.0. The Hall–Kier alpha value is -3.36. The topological polar surface area (TPSA) is 90.2 Å². The number of fused-ring (bicyclic) bond motifs is 1. The molecule has 32 heavy (non-hydrogen) atoms. The number of hydrogen-bond donors (Lipinski definition) is 1. The minimum atomic E-state index is -0.657. The first-order valence-electron chi connectivity index (χ1n) is 10.5. The number of para-hydroxylation sites is 1. The molecule has 8 nitrogen and oxygen atoms in total. The second-order valence-electron chi connectivity index (χ2n) is 7.47. The first kappa shape index (κ1) is 21.9. The number of hydrogen-bond acceptors (Lipinski definition) is 7. The molecule has 0 saturated carbocycles. The Labute approximate surface area is 185 Å². The molecule has 1 aromatic heterocycles. The molecule has 168 valence electrons. The minimum Gasteiger partial charge on any atom is -0.493 e. The van der Waals surface area contributed by atoms with E-state index in [1.54, 1.807) is 38.5 Å². The van der Waals surface area contributed by atoms with E-state index in [1.807, 2.05) is 24.3 Å². The fourth-order valence-electron chi connectivity index (χ4n) is 3.91. The van der Waals surface area contributed by atoms with Gasteiger partial charge < -0.3 is 23.9 Å². The fraction of sp³-hybridized carbons (Fsp3) is 0.333. The van der Waals surface area contributed by atoms with Crippen molar-refractivity contribution in [3.63, 3.8) is 0 Å². The Kier molecular flexibility index (Phi) is 6.72. The molecule has 1 fully saturated rings. The third kappa shape index (κ3) is 4.61. The number of rotatable bonds is 7. The van der Waals surface area contributed by atoms with Crippen molar-refractivity contribution >= 4 is 16.9 Å². The Morgan fingerprint density at radius 3 is 2.56 bits per heavy atom. The van der Waals surface area contributed by atoms with Gasteiger partial charge in [-0.05, 0) is 29.8 Å². The predicted octanol–water partition coefficient (Wildman–Crippen LogP) is 2.61. The SMILES string of the molecule is COc1ccc(C(CNC(=O)c2cc3ccccc3oc2=O)N2CCOCC2)cc1OC. The normalized spacial score (nSPS) is 15.3. The second-order valence-corrected chi connectivity index (χ2v) is 7.47. The summed E-state index contributed by atoms with van der Waals surface area (Å²) in [6, 6.07) is 14.3. The number of carbonyl (C=O) groups is 1. The molecule has 3 aromatic rings. The Morgan fingerprint density at radius 1 is 1.06 bits per heavy atom. The van der Waals surface area contributed by atoms with E-state index < -0.39 is 11.5 Å². The van der Waals surface area contributed by atoms with Crippen LogP contribution in [0.15, 0.2) is 57.7 Å². The van der Waals surface area contributed by atoms with E-state index >= 15 is 0 Å². The van der Waals surface area contributed by atoms with Gasteiger partial charge in [0, 0.05) is 25.0 Å². The van der Waals surface area contributed by atoms with E-state index in [0.29, 0.717) is 42.2 Å². The van der Waals surface area contributed by atoms with Crippen molar-refractivity contribution in [3.05, 3.63) is 70.1 Å². The Balaban J connectivity index is 1.58. The highest BCUT2D eigenvalue weighted by Crippen LogP contribution is 2.32. The number of methoxy groups -OCH3 is 2. The van der Waals surface area contributed by atoms with E-state index in [9.17, 15) is 9.59 Å². The van der Waals surface area contributed by atoms with Gasteiger partial charge in [0.1, 0.15) is 11.1 Å². The molecular weight excluding hydrogens is 412 g/mol. The lowest BCUT2D eigenvalue weighted by Crippen LogP contribution is -2.44. The van der Waals surface area contributed by atoms with Gasteiger partial charge in [-0.15, -0.1) is 0 Å². The molecule has 8 heteroatoms. The van der Waals surface area contributed by atoms with Crippen LogP contribution in [0.5, 0.6) is 11.5 Å². The van der Waals surface area contributed by atoms with E-state index in [4.69, 9.17) is 18.6 Å². The highest BCUT2D eigenvalue weighted by molar-refractivity contribution is 5.96. The van der Waals surface area contributed by atoms with Gasteiger partial charge in [-0.1, -0.05) is 24.3 Å². The predicted molar refractivity (Wildman–Crippen MR) is 119 cm³/mol. The molecule has 0 spiro atoms. The van der Waals surface area contributed by atoms with Gasteiger partial charge in [0.2, 0.25) is 0 Å². The summed E-state index contributed by atoms with van der Waals surface area (Å²) in [7, 11) is 3.18. The van der Waals surface area contributed by atoms with Crippen LogP contribution in [0.3, 0.4) is 0 Å². The number of ether oxygens (including phenoxy) is 3. The zero-order chi connectivity index (χ0) is 22.5. The van der Waals surface area contributed by atoms with Crippen molar-refractivity contribution in [1.82, 2.24) is 10.2 Å². The Morgan fingerprint density at radius 2 is 1.81 bits per heavy atom. The Bertz CT molecular complexity index is 1150. The van der Waals surface area contributed by atoms with Gasteiger partial charge in [0.05, 0.1) is 33.5 Å². The summed E-state index contributed by atoms with van der Waals surface area (Å²) in [4.78, 5) is 27.5. The minimum absolute atomic E-state index is 0.0169. The molecule has 1 saturated heterocycles. The molecule has 1 unspecified atom stereocenters. The van der Waals surface area contributed by atoms with E-state index in [-0.39, 0.29) is 11.6 Å². The van der Waals surface area contributed by atoms with Crippen LogP contribution in [-0.2, 0) is 4.74 Å². The standard InChI is InChI=1S/C24H26N2O6/c1-29-21-8-7-16(14-22(21)30-2)19(26-9-11-31-12-10-26)15-25-23(27)18-13-17-5-3-4-6-20(17)32-24(18)28/h3-8,13-14,19H,9-12,15H2,1-2H3,(H,25,27). The maximum absolute atomic E-state index is 12.9. The molecule has 1 aliphatic rings. The highest BCUT2D eigenvalue weighted by Gasteiger charge is 2.25. The van der Waals surface area contributed by atoms with Gasteiger partial charge in [-0.3, -0.25) is 9.69 Å². The quantitative estimate of drug-likeness (QED) is 0.567. The molecule has 1 aliphatic heterocycles. The zero-order valence-corrected chi connectivity index (χ0v) is 18.1. The van der Waals surface area contributed by atoms with Crippen LogP contribution in [0, 0.1) is 0 Å². The summed E-state index contributed by atoms with van der Waals surface area (Å²) < 4.78 is 21.6. The van der Waals surface area contributed by atoms with Gasteiger partial charge in [-0.2, -0.15) is 0 Å². The highest BCUT2D eigenvalue weighted by atomic mass is 16.5. The van der Waals surface area contributed by atoms with E-state index in [1.165, 1.54) is 0 Å². The van der Waals surface area contributed by atoms with Crippen molar-refractivity contribution < 1.29 is 23.4 Å². The third-order valence-corrected chi connectivity index (χ3v) is 5.62. The first-order valence-corrected chi connectivity index (χ1v) is 10.5. The molecule has 4 rings (SSSR count). The average Bonchev–Trinajstić information content (AvgIpc) is 2.84. The molecule has 1 N–H and O–H groups in total. The summed E-state index contributed by atoms with van der Waals surface area (Å²) in [5.74, 6) is 0.780. The maximum Gasteiger partial charge on any atom is 0.349 e. The summed E-state index contributed by atoms with van der Waals surface area (Å²) in [6.45, 7) is 3.00. The van der Waals surface area contributed by atoms with E-state index in [2.05, 4.69) is 10.2 Å². The van der Waals surface area contributed by atoms with Crippen molar-refractivity contribution in [1.29, 1.82) is 0 Å². The van der Waals surface area contributed by atoms with Gasteiger partial charge >= 0.3 is 5.63 Å². The van der Waals surface area contributed by atoms with Crippen LogP contribution in [0.4, 0.5) is 0 Å². The van der Waals surface area contributed by atoms with E-state index in [0.717, 1.165) is 18.7 Å². The maximum atomic E-state index is 12.9. The van der Waals surface area contributed by atoms with Crippen LogP contribution in [0.1, 0.15) is 22.0 Å². The third-order valence-electron chi connectivity index (χ3n) is 5.62. The number of nitrogens with one attached hydrogen (secondary N) is 1. The molecule has 0 bridgehead atoms. The van der Waals surface area contributed by atoms with Crippen molar-refractivity contribution in [3.8, 4) is 11.5 Å². The van der Waals surface area contributed by atoms with Gasteiger partial charge in [0.15, 0.2) is 11.5 Å². The van der Waals surface area contributed by atoms with Gasteiger partial charge in [-0.25, -0.2) is 4.79 Å².